The Bertz CT molecular complexity index is 2800. The first-order valence-corrected chi connectivity index (χ1v) is 16.3. The van der Waals surface area contributed by atoms with Gasteiger partial charge in [0, 0.05) is 39.2 Å². The van der Waals surface area contributed by atoms with Crippen LogP contribution in [-0.4, -0.2) is 19.9 Å². The van der Waals surface area contributed by atoms with Gasteiger partial charge in [0.25, 0.3) is 0 Å². The lowest BCUT2D eigenvalue weighted by atomic mass is 9.94. The van der Waals surface area contributed by atoms with Crippen molar-refractivity contribution in [3.05, 3.63) is 158 Å². The van der Waals surface area contributed by atoms with E-state index in [9.17, 15) is 0 Å². The minimum Gasteiger partial charge on any atom is -0.456 e. The molecule has 0 saturated carbocycles. The number of nitrogens with zero attached hydrogens (tertiary/aromatic N) is 4. The van der Waals surface area contributed by atoms with Gasteiger partial charge in [-0.3, -0.25) is 4.98 Å². The Balaban J connectivity index is 1.05. The van der Waals surface area contributed by atoms with Gasteiger partial charge in [0.1, 0.15) is 11.2 Å². The van der Waals surface area contributed by atoms with E-state index in [0.29, 0.717) is 17.5 Å². The summed E-state index contributed by atoms with van der Waals surface area (Å²) in [6.45, 7) is 0. The zero-order chi connectivity index (χ0) is 32.3. The smallest absolute Gasteiger partial charge is 0.165 e. The summed E-state index contributed by atoms with van der Waals surface area (Å²) in [7, 11) is 0. The van der Waals surface area contributed by atoms with E-state index in [2.05, 4.69) is 66.7 Å². The summed E-state index contributed by atoms with van der Waals surface area (Å²) in [5.74, 6) is 1.84. The molecule has 3 heterocycles. The molecule has 0 aliphatic heterocycles. The average molecular weight is 627 g/mol. The molecule has 0 bridgehead atoms. The Labute approximate surface area is 281 Å². The molecule has 0 radical (unpaired) electrons. The van der Waals surface area contributed by atoms with Crippen molar-refractivity contribution in [3.63, 3.8) is 0 Å². The maximum atomic E-state index is 6.28. The topological polar surface area (TPSA) is 64.7 Å². The average Bonchev–Trinajstić information content (AvgIpc) is 3.54. The molecule has 0 fully saturated rings. The van der Waals surface area contributed by atoms with Gasteiger partial charge in [-0.1, -0.05) is 115 Å². The largest absolute Gasteiger partial charge is 0.456 e. The predicted molar refractivity (Wildman–Crippen MR) is 199 cm³/mol. The second kappa shape index (κ2) is 10.9. The number of fused-ring (bicyclic) bond motifs is 8. The molecular formula is C44H26N4O. The number of para-hydroxylation sites is 1. The third-order valence-corrected chi connectivity index (χ3v) is 9.33. The first-order valence-electron chi connectivity index (χ1n) is 16.3. The van der Waals surface area contributed by atoms with Crippen molar-refractivity contribution < 1.29 is 4.42 Å². The van der Waals surface area contributed by atoms with E-state index in [1.807, 2.05) is 91.1 Å². The van der Waals surface area contributed by atoms with E-state index in [1.54, 1.807) is 0 Å². The molecule has 0 N–H and O–H groups in total. The summed E-state index contributed by atoms with van der Waals surface area (Å²) in [4.78, 5) is 19.4. The van der Waals surface area contributed by atoms with Crippen LogP contribution in [0.4, 0.5) is 0 Å². The van der Waals surface area contributed by atoms with Crippen LogP contribution >= 0.6 is 0 Å². The quantitative estimate of drug-likeness (QED) is 0.182. The molecule has 0 amide bonds. The molecule has 7 aromatic carbocycles. The van der Waals surface area contributed by atoms with E-state index in [4.69, 9.17) is 24.4 Å². The lowest BCUT2D eigenvalue weighted by Gasteiger charge is -2.11. The molecule has 10 rings (SSSR count). The van der Waals surface area contributed by atoms with Crippen molar-refractivity contribution in [1.29, 1.82) is 0 Å². The Kier molecular flexibility index (Phi) is 6.11. The summed E-state index contributed by atoms with van der Waals surface area (Å²) in [5, 5.41) is 9.46. The van der Waals surface area contributed by atoms with E-state index >= 15 is 0 Å². The molecule has 228 valence electrons. The summed E-state index contributed by atoms with van der Waals surface area (Å²) in [5.41, 5.74) is 6.45. The molecule has 0 aliphatic rings. The number of benzene rings is 7. The van der Waals surface area contributed by atoms with Crippen LogP contribution in [-0.2, 0) is 0 Å². The fourth-order valence-electron chi connectivity index (χ4n) is 6.90. The number of hydrogen-bond donors (Lipinski definition) is 0. The van der Waals surface area contributed by atoms with Crippen LogP contribution in [0.5, 0.6) is 0 Å². The molecule has 0 aliphatic carbocycles. The van der Waals surface area contributed by atoms with E-state index in [0.717, 1.165) is 55.3 Å². The highest BCUT2D eigenvalue weighted by molar-refractivity contribution is 6.23. The van der Waals surface area contributed by atoms with Gasteiger partial charge in [0.2, 0.25) is 0 Å². The van der Waals surface area contributed by atoms with Crippen LogP contribution in [0.15, 0.2) is 162 Å². The molecule has 3 aromatic heterocycles. The summed E-state index contributed by atoms with van der Waals surface area (Å²) < 4.78 is 6.28. The van der Waals surface area contributed by atoms with E-state index in [-0.39, 0.29) is 0 Å². The molecular weight excluding hydrogens is 601 g/mol. The highest BCUT2D eigenvalue weighted by Crippen LogP contribution is 2.38. The number of pyridine rings is 1. The molecule has 49 heavy (non-hydrogen) atoms. The number of furan rings is 1. The van der Waals surface area contributed by atoms with E-state index < -0.39 is 0 Å². The Hall–Kier alpha value is -6.72. The normalized spacial score (nSPS) is 11.7. The maximum Gasteiger partial charge on any atom is 0.165 e. The van der Waals surface area contributed by atoms with Crippen LogP contribution in [0, 0.1) is 0 Å². The lowest BCUT2D eigenvalue weighted by Crippen LogP contribution is -2.00. The summed E-state index contributed by atoms with van der Waals surface area (Å²) >= 11 is 0. The van der Waals surface area contributed by atoms with E-state index in [1.165, 1.54) is 26.9 Å². The third kappa shape index (κ3) is 4.63. The molecule has 0 saturated heterocycles. The molecule has 5 nitrogen and oxygen atoms in total. The second-order valence-electron chi connectivity index (χ2n) is 12.3. The highest BCUT2D eigenvalue weighted by Gasteiger charge is 2.15. The van der Waals surface area contributed by atoms with Crippen LogP contribution in [0.25, 0.3) is 99.7 Å². The highest BCUT2D eigenvalue weighted by atomic mass is 16.3. The van der Waals surface area contributed by atoms with Gasteiger partial charge < -0.3 is 4.42 Å². The van der Waals surface area contributed by atoms with Crippen molar-refractivity contribution >= 4 is 54.3 Å². The van der Waals surface area contributed by atoms with Crippen molar-refractivity contribution in [3.8, 4) is 45.4 Å². The molecule has 10 aromatic rings. The minimum absolute atomic E-state index is 0.585. The summed E-state index contributed by atoms with van der Waals surface area (Å²) in [6.07, 6.45) is 1.85. The van der Waals surface area contributed by atoms with Gasteiger partial charge >= 0.3 is 0 Å². The Morgan fingerprint density at radius 2 is 0.980 bits per heavy atom. The van der Waals surface area contributed by atoms with Crippen molar-refractivity contribution in [2.24, 2.45) is 0 Å². The molecule has 0 atom stereocenters. The van der Waals surface area contributed by atoms with Gasteiger partial charge in [-0.2, -0.15) is 0 Å². The Morgan fingerprint density at radius 3 is 1.67 bits per heavy atom. The lowest BCUT2D eigenvalue weighted by molar-refractivity contribution is 0.669. The fraction of sp³-hybridized carbons (Fsp3) is 0. The SMILES string of the molecule is c1ccc(-c2nc(-c3ccccc3)nc(-c3ccc(-c4ccc5c(ccc6ccc7cc8c(cc7c65)oc5ccccc58)c4)nc3)n2)cc1. The third-order valence-electron chi connectivity index (χ3n) is 9.33. The van der Waals surface area contributed by atoms with Crippen molar-refractivity contribution in [1.82, 2.24) is 19.9 Å². The number of rotatable bonds is 4. The maximum absolute atomic E-state index is 6.28. The first-order chi connectivity index (χ1) is 24.2. The van der Waals surface area contributed by atoms with Crippen LogP contribution < -0.4 is 0 Å². The van der Waals surface area contributed by atoms with Crippen molar-refractivity contribution in [2.75, 3.05) is 0 Å². The number of hydrogen-bond acceptors (Lipinski definition) is 5. The predicted octanol–water partition coefficient (Wildman–Crippen LogP) is 11.3. The zero-order valence-electron chi connectivity index (χ0n) is 26.2. The monoisotopic (exact) mass is 626 g/mol. The minimum atomic E-state index is 0.585. The van der Waals surface area contributed by atoms with Crippen molar-refractivity contribution in [2.45, 2.75) is 0 Å². The van der Waals surface area contributed by atoms with Gasteiger partial charge in [-0.25, -0.2) is 15.0 Å². The van der Waals surface area contributed by atoms with Crippen LogP contribution in [0.3, 0.4) is 0 Å². The Morgan fingerprint density at radius 1 is 0.367 bits per heavy atom. The molecule has 0 spiro atoms. The van der Waals surface area contributed by atoms with Crippen LogP contribution in [0.2, 0.25) is 0 Å². The zero-order valence-corrected chi connectivity index (χ0v) is 26.2. The molecule has 0 unspecified atom stereocenters. The number of aromatic nitrogens is 4. The summed E-state index contributed by atoms with van der Waals surface area (Å²) in [6, 6.07) is 52.2. The van der Waals surface area contributed by atoms with Gasteiger partial charge in [0.15, 0.2) is 17.5 Å². The first kappa shape index (κ1) is 27.4. The van der Waals surface area contributed by atoms with Gasteiger partial charge in [-0.15, -0.1) is 0 Å². The fourth-order valence-corrected chi connectivity index (χ4v) is 6.90. The van der Waals surface area contributed by atoms with Crippen LogP contribution in [0.1, 0.15) is 0 Å². The van der Waals surface area contributed by atoms with Gasteiger partial charge in [0.05, 0.1) is 5.69 Å². The standard InChI is InChI=1S/C44H26N4O/c1-3-9-28(10-4-1)42-46-43(29-11-5-2-6-12-29)48-44(47-42)33-20-22-38(45-26-33)32-19-21-34-30(23-32)17-15-27-16-18-31-24-37-35-13-7-8-14-39(35)49-40(37)25-36(31)41(27)34/h1-26H. The van der Waals surface area contributed by atoms with Gasteiger partial charge in [-0.05, 0) is 68.7 Å². The molecule has 5 heteroatoms. The second-order valence-corrected chi connectivity index (χ2v) is 12.3.